The van der Waals surface area contributed by atoms with Gasteiger partial charge in [0.05, 0.1) is 17.4 Å². The van der Waals surface area contributed by atoms with Crippen molar-refractivity contribution >= 4 is 51.4 Å². The van der Waals surface area contributed by atoms with E-state index < -0.39 is 11.6 Å². The lowest BCUT2D eigenvalue weighted by Gasteiger charge is -2.43. The highest BCUT2D eigenvalue weighted by Gasteiger charge is 2.49. The zero-order valence-corrected chi connectivity index (χ0v) is 22.7. The maximum Gasteiger partial charge on any atom is 0.280 e. The molecular formula is C26H31ClN6O3S. The first-order chi connectivity index (χ1) is 17.5. The molecule has 0 saturated heterocycles. The molecule has 4 N–H and O–H groups in total. The van der Waals surface area contributed by atoms with E-state index in [9.17, 15) is 14.4 Å². The fourth-order valence-corrected chi connectivity index (χ4v) is 6.64. The number of Topliss-reactive ketones (excluding diaryl/α,β-unsaturated/α-hetero) is 1. The lowest BCUT2D eigenvalue weighted by Crippen LogP contribution is -2.66. The predicted octanol–water partition coefficient (Wildman–Crippen LogP) is 2.83. The average Bonchev–Trinajstić information content (AvgIpc) is 3.47. The molecule has 3 unspecified atom stereocenters. The Balaban J connectivity index is 1.44. The third kappa shape index (κ3) is 4.90. The molecule has 0 bridgehead atoms. The SMILES string of the molecule is CN1CCc2nc(C(=O)NC3CC(C(=O)N(C)C)CCC3(N)C(=O)c3cc4cc(Cl)ccc4[nH]3)sc2C1. The Bertz CT molecular complexity index is 1380. The third-order valence-electron chi connectivity index (χ3n) is 7.51. The summed E-state index contributed by atoms with van der Waals surface area (Å²) in [6.45, 7) is 1.65. The van der Waals surface area contributed by atoms with Gasteiger partial charge in [-0.05, 0) is 50.6 Å². The van der Waals surface area contributed by atoms with Crippen LogP contribution in [0.3, 0.4) is 0 Å². The van der Waals surface area contributed by atoms with Gasteiger partial charge >= 0.3 is 0 Å². The molecule has 1 aliphatic carbocycles. The highest BCUT2D eigenvalue weighted by Crippen LogP contribution is 2.35. The molecule has 1 aliphatic heterocycles. The number of carbonyl (C=O) groups excluding carboxylic acids is 3. The Morgan fingerprint density at radius 2 is 2.08 bits per heavy atom. The topological polar surface area (TPSA) is 124 Å². The number of nitrogens with two attached hydrogens (primary N) is 1. The molecule has 3 atom stereocenters. The Morgan fingerprint density at radius 1 is 1.30 bits per heavy atom. The van der Waals surface area contributed by atoms with Crippen molar-refractivity contribution in [2.24, 2.45) is 11.7 Å². The minimum atomic E-state index is -1.39. The summed E-state index contributed by atoms with van der Waals surface area (Å²) in [6, 6.07) is 6.33. The molecule has 2 aliphatic rings. The first-order valence-electron chi connectivity index (χ1n) is 12.4. The summed E-state index contributed by atoms with van der Waals surface area (Å²) in [5.41, 5.74) is 7.53. The van der Waals surface area contributed by atoms with E-state index in [1.165, 1.54) is 11.3 Å². The van der Waals surface area contributed by atoms with E-state index in [-0.39, 0.29) is 36.4 Å². The molecule has 1 fully saturated rings. The van der Waals surface area contributed by atoms with E-state index in [0.29, 0.717) is 22.1 Å². The van der Waals surface area contributed by atoms with Crippen LogP contribution < -0.4 is 11.1 Å². The number of hydrogen-bond acceptors (Lipinski definition) is 7. The number of likely N-dealkylation sites (N-methyl/N-ethyl adjacent to an activating group) is 1. The van der Waals surface area contributed by atoms with Crippen LogP contribution in [-0.4, -0.2) is 76.6 Å². The number of benzene rings is 1. The summed E-state index contributed by atoms with van der Waals surface area (Å²) in [7, 11) is 5.45. The summed E-state index contributed by atoms with van der Waals surface area (Å²) in [4.78, 5) is 52.6. The number of H-pyrrole nitrogens is 1. The normalized spacial score (nSPS) is 24.0. The van der Waals surface area contributed by atoms with Crippen molar-refractivity contribution in [2.45, 2.75) is 43.8 Å². The van der Waals surface area contributed by atoms with Gasteiger partial charge in [0.1, 0.15) is 5.54 Å². The number of fused-ring (bicyclic) bond motifs is 2. The van der Waals surface area contributed by atoms with Gasteiger partial charge in [0.15, 0.2) is 5.01 Å². The Labute approximate surface area is 224 Å². The van der Waals surface area contributed by atoms with Gasteiger partial charge in [0.2, 0.25) is 11.7 Å². The second-order valence-corrected chi connectivity index (χ2v) is 11.9. The quantitative estimate of drug-likeness (QED) is 0.426. The molecule has 2 amide bonds. The van der Waals surface area contributed by atoms with Crippen molar-refractivity contribution in [1.82, 2.24) is 25.1 Å². The minimum absolute atomic E-state index is 0.0400. The summed E-state index contributed by atoms with van der Waals surface area (Å²) >= 11 is 7.50. The van der Waals surface area contributed by atoms with Crippen molar-refractivity contribution in [3.63, 3.8) is 0 Å². The van der Waals surface area contributed by atoms with Gasteiger partial charge in [0, 0.05) is 60.3 Å². The van der Waals surface area contributed by atoms with Crippen molar-refractivity contribution in [3.8, 4) is 0 Å². The number of rotatable bonds is 5. The van der Waals surface area contributed by atoms with Gasteiger partial charge in [-0.3, -0.25) is 14.4 Å². The molecule has 2 aromatic heterocycles. The number of thiazole rings is 1. The van der Waals surface area contributed by atoms with Gasteiger partial charge in [0.25, 0.3) is 5.91 Å². The summed E-state index contributed by atoms with van der Waals surface area (Å²) < 4.78 is 0. The number of hydrogen-bond donors (Lipinski definition) is 3. The fourth-order valence-electron chi connectivity index (χ4n) is 5.37. The van der Waals surface area contributed by atoms with Crippen LogP contribution in [0, 0.1) is 5.92 Å². The second-order valence-electron chi connectivity index (χ2n) is 10.4. The van der Waals surface area contributed by atoms with Crippen LogP contribution in [0.15, 0.2) is 24.3 Å². The van der Waals surface area contributed by atoms with Crippen molar-refractivity contribution < 1.29 is 14.4 Å². The maximum atomic E-state index is 13.9. The van der Waals surface area contributed by atoms with Gasteiger partial charge in [-0.1, -0.05) is 11.6 Å². The molecule has 0 spiro atoms. The average molecular weight is 543 g/mol. The van der Waals surface area contributed by atoms with Crippen LogP contribution in [0.5, 0.6) is 0 Å². The lowest BCUT2D eigenvalue weighted by molar-refractivity contribution is -0.134. The number of nitrogens with one attached hydrogen (secondary N) is 2. The molecule has 1 saturated carbocycles. The zero-order valence-electron chi connectivity index (χ0n) is 21.1. The zero-order chi connectivity index (χ0) is 26.5. The van der Waals surface area contributed by atoms with Crippen LogP contribution in [0.1, 0.15) is 50.1 Å². The number of amides is 2. The molecular weight excluding hydrogens is 512 g/mol. The largest absolute Gasteiger partial charge is 0.352 e. The Kier molecular flexibility index (Phi) is 6.86. The number of ketones is 1. The van der Waals surface area contributed by atoms with Gasteiger partial charge in [-0.2, -0.15) is 0 Å². The molecule has 37 heavy (non-hydrogen) atoms. The molecule has 196 valence electrons. The molecule has 1 aromatic carbocycles. The Hall–Kier alpha value is -2.79. The fraction of sp³-hybridized carbons (Fsp3) is 0.462. The maximum absolute atomic E-state index is 13.9. The number of aromatic nitrogens is 2. The van der Waals surface area contributed by atoms with E-state index in [0.717, 1.165) is 41.0 Å². The van der Waals surface area contributed by atoms with E-state index in [2.05, 4.69) is 20.2 Å². The summed E-state index contributed by atoms with van der Waals surface area (Å²) in [5, 5.41) is 4.73. The number of aromatic amines is 1. The van der Waals surface area contributed by atoms with Gasteiger partial charge < -0.3 is 25.8 Å². The monoisotopic (exact) mass is 542 g/mol. The molecule has 0 radical (unpaired) electrons. The minimum Gasteiger partial charge on any atom is -0.352 e. The number of carbonyl (C=O) groups is 3. The van der Waals surface area contributed by atoms with Crippen LogP contribution in [0.4, 0.5) is 0 Å². The van der Waals surface area contributed by atoms with Crippen LogP contribution in [0.2, 0.25) is 5.02 Å². The summed E-state index contributed by atoms with van der Waals surface area (Å²) in [5.74, 6) is -1.05. The van der Waals surface area contributed by atoms with Crippen LogP contribution in [0.25, 0.3) is 10.9 Å². The molecule has 3 heterocycles. The number of nitrogens with zero attached hydrogens (tertiary/aromatic N) is 3. The molecule has 11 heteroatoms. The Morgan fingerprint density at radius 3 is 2.84 bits per heavy atom. The van der Waals surface area contributed by atoms with Crippen LogP contribution in [-0.2, 0) is 17.8 Å². The van der Waals surface area contributed by atoms with E-state index >= 15 is 0 Å². The van der Waals surface area contributed by atoms with Crippen molar-refractivity contribution in [3.05, 3.63) is 50.6 Å². The van der Waals surface area contributed by atoms with Crippen molar-refractivity contribution in [1.29, 1.82) is 0 Å². The highest BCUT2D eigenvalue weighted by atomic mass is 35.5. The predicted molar refractivity (Wildman–Crippen MR) is 144 cm³/mol. The van der Waals surface area contributed by atoms with E-state index in [1.54, 1.807) is 37.2 Å². The molecule has 5 rings (SSSR count). The third-order valence-corrected chi connectivity index (χ3v) is 8.83. The highest BCUT2D eigenvalue weighted by molar-refractivity contribution is 7.13. The summed E-state index contributed by atoms with van der Waals surface area (Å²) in [6.07, 6.45) is 1.78. The first-order valence-corrected chi connectivity index (χ1v) is 13.6. The van der Waals surface area contributed by atoms with Gasteiger partial charge in [-0.25, -0.2) is 4.98 Å². The first kappa shape index (κ1) is 25.8. The molecule has 3 aromatic rings. The molecule has 9 nitrogen and oxygen atoms in total. The lowest BCUT2D eigenvalue weighted by atomic mass is 9.70. The van der Waals surface area contributed by atoms with Gasteiger partial charge in [-0.15, -0.1) is 11.3 Å². The van der Waals surface area contributed by atoms with Crippen LogP contribution >= 0.6 is 22.9 Å². The van der Waals surface area contributed by atoms with E-state index in [4.69, 9.17) is 17.3 Å². The second kappa shape index (κ2) is 9.83. The van der Waals surface area contributed by atoms with Crippen molar-refractivity contribution in [2.75, 3.05) is 27.7 Å². The smallest absolute Gasteiger partial charge is 0.280 e. The van der Waals surface area contributed by atoms with E-state index in [1.807, 2.05) is 13.1 Å². The standard InChI is InChI=1S/C26H31ClN6O3S/c1-32(2)25(36)14-6-8-26(28,22(34)19-11-15-10-16(27)4-5-17(15)29-19)21(12-14)31-23(35)24-30-18-7-9-33(3)13-20(18)37-24/h4-5,10-11,14,21,29H,6-9,12-13,28H2,1-3H3,(H,31,35). The number of halogens is 1.